The number of halogens is 4. The zero-order valence-electron chi connectivity index (χ0n) is 5.90. The number of alkyl halides is 3. The molecule has 0 aliphatic carbocycles. The van der Waals surface area contributed by atoms with E-state index in [2.05, 4.69) is 4.98 Å². The maximum Gasteiger partial charge on any atom is 0.264 e. The Bertz CT molecular complexity index is 280. The molecule has 0 aliphatic rings. The lowest BCUT2D eigenvalue weighted by Gasteiger charge is -2.06. The summed E-state index contributed by atoms with van der Waals surface area (Å²) in [4.78, 5) is 3.86. The Hall–Kier alpha value is 0.0300. The predicted octanol–water partition coefficient (Wildman–Crippen LogP) is 3.36. The summed E-state index contributed by atoms with van der Waals surface area (Å²) in [5, 5.41) is 0. The Kier molecular flexibility index (Phi) is 3.64. The fourth-order valence-corrected chi connectivity index (χ4v) is 1.99. The molecule has 0 spiro atoms. The molecule has 5 heteroatoms. The van der Waals surface area contributed by atoms with Crippen LogP contribution in [-0.4, -0.2) is 4.98 Å². The molecule has 1 aromatic heterocycles. The predicted molar refractivity (Wildman–Crippen MR) is 51.5 cm³/mol. The van der Waals surface area contributed by atoms with Crippen LogP contribution in [0.1, 0.15) is 17.6 Å². The normalized spacial score (nSPS) is 10.8. The van der Waals surface area contributed by atoms with Crippen LogP contribution < -0.4 is 0 Å². The summed E-state index contributed by atoms with van der Waals surface area (Å²) in [6, 6.07) is 1.30. The van der Waals surface area contributed by atoms with Gasteiger partial charge in [0, 0.05) is 17.3 Å². The van der Waals surface area contributed by atoms with Crippen LogP contribution in [0.4, 0.5) is 8.78 Å². The third-order valence-electron chi connectivity index (χ3n) is 1.41. The van der Waals surface area contributed by atoms with E-state index in [9.17, 15) is 8.78 Å². The molecular formula is C7H5ClF2IN. The average molecular weight is 303 g/mol. The van der Waals surface area contributed by atoms with Gasteiger partial charge in [-0.05, 0) is 28.7 Å². The molecule has 0 fully saturated rings. The molecule has 0 radical (unpaired) electrons. The van der Waals surface area contributed by atoms with Crippen molar-refractivity contribution in [3.8, 4) is 0 Å². The number of rotatable bonds is 2. The lowest BCUT2D eigenvalue weighted by molar-refractivity contribution is 0.150. The van der Waals surface area contributed by atoms with Gasteiger partial charge < -0.3 is 0 Å². The van der Waals surface area contributed by atoms with Crippen molar-refractivity contribution in [2.24, 2.45) is 0 Å². The van der Waals surface area contributed by atoms with Gasteiger partial charge in [0.15, 0.2) is 0 Å². The molecule has 0 aliphatic heterocycles. The molecule has 0 saturated heterocycles. The summed E-state index contributed by atoms with van der Waals surface area (Å²) in [5.74, 6) is 0.0752. The standard InChI is InChI=1S/C7H5ClF2IN/c8-3-5-4(6(9)10)1-2-12-7(5)11/h1-2,6H,3H2. The smallest absolute Gasteiger partial charge is 0.250 e. The highest BCUT2D eigenvalue weighted by atomic mass is 127. The third kappa shape index (κ3) is 2.04. The SMILES string of the molecule is FC(F)c1ccnc(I)c1CCl. The van der Waals surface area contributed by atoms with E-state index in [0.717, 1.165) is 0 Å². The maximum absolute atomic E-state index is 12.3. The number of aromatic nitrogens is 1. The van der Waals surface area contributed by atoms with E-state index < -0.39 is 6.43 Å². The van der Waals surface area contributed by atoms with Crippen LogP contribution in [-0.2, 0) is 5.88 Å². The van der Waals surface area contributed by atoms with E-state index in [1.54, 1.807) is 0 Å². The fourth-order valence-electron chi connectivity index (χ4n) is 0.817. The Morgan fingerprint density at radius 1 is 1.58 bits per heavy atom. The highest BCUT2D eigenvalue weighted by Gasteiger charge is 2.14. The topological polar surface area (TPSA) is 12.9 Å². The Balaban J connectivity index is 3.18. The summed E-state index contributed by atoms with van der Waals surface area (Å²) in [6.45, 7) is 0. The molecule has 12 heavy (non-hydrogen) atoms. The summed E-state index contributed by atoms with van der Waals surface area (Å²) in [5.41, 5.74) is 0.402. The molecule has 0 atom stereocenters. The van der Waals surface area contributed by atoms with E-state index in [1.807, 2.05) is 22.6 Å². The van der Waals surface area contributed by atoms with Gasteiger partial charge >= 0.3 is 0 Å². The number of nitrogens with zero attached hydrogens (tertiary/aromatic N) is 1. The van der Waals surface area contributed by atoms with E-state index in [4.69, 9.17) is 11.6 Å². The minimum atomic E-state index is -2.48. The number of hydrogen-bond donors (Lipinski definition) is 0. The minimum Gasteiger partial charge on any atom is -0.250 e. The zero-order chi connectivity index (χ0) is 9.14. The van der Waals surface area contributed by atoms with Crippen LogP contribution >= 0.6 is 34.2 Å². The number of hydrogen-bond acceptors (Lipinski definition) is 1. The Morgan fingerprint density at radius 3 is 2.67 bits per heavy atom. The van der Waals surface area contributed by atoms with Gasteiger partial charge in [0.1, 0.15) is 3.70 Å². The molecule has 1 heterocycles. The third-order valence-corrected chi connectivity index (χ3v) is 2.61. The molecule has 0 N–H and O–H groups in total. The number of pyridine rings is 1. The Labute approximate surface area is 87.3 Å². The first kappa shape index (κ1) is 10.1. The highest BCUT2D eigenvalue weighted by Crippen LogP contribution is 2.26. The first-order valence-electron chi connectivity index (χ1n) is 3.14. The fraction of sp³-hybridized carbons (Fsp3) is 0.286. The summed E-state index contributed by atoms with van der Waals surface area (Å²) >= 11 is 7.39. The van der Waals surface area contributed by atoms with Crippen molar-refractivity contribution >= 4 is 34.2 Å². The molecule has 0 saturated carbocycles. The van der Waals surface area contributed by atoms with Crippen molar-refractivity contribution in [3.05, 3.63) is 27.1 Å². The zero-order valence-corrected chi connectivity index (χ0v) is 8.81. The monoisotopic (exact) mass is 303 g/mol. The molecule has 1 aromatic rings. The molecule has 0 amide bonds. The molecule has 0 aromatic carbocycles. The molecule has 66 valence electrons. The first-order valence-corrected chi connectivity index (χ1v) is 4.75. The van der Waals surface area contributed by atoms with Gasteiger partial charge in [-0.3, -0.25) is 0 Å². The van der Waals surface area contributed by atoms with Gasteiger partial charge in [-0.25, -0.2) is 13.8 Å². The van der Waals surface area contributed by atoms with Crippen molar-refractivity contribution in [2.75, 3.05) is 0 Å². The van der Waals surface area contributed by atoms with Crippen LogP contribution in [0.25, 0.3) is 0 Å². The lowest BCUT2D eigenvalue weighted by Crippen LogP contribution is -1.97. The first-order chi connectivity index (χ1) is 5.66. The average Bonchev–Trinajstić information content (AvgIpc) is 2.03. The second-order valence-electron chi connectivity index (χ2n) is 2.10. The lowest BCUT2D eigenvalue weighted by atomic mass is 10.2. The van der Waals surface area contributed by atoms with Gasteiger partial charge in [0.2, 0.25) is 0 Å². The van der Waals surface area contributed by atoms with E-state index >= 15 is 0 Å². The maximum atomic E-state index is 12.3. The van der Waals surface area contributed by atoms with Crippen LogP contribution in [0.3, 0.4) is 0 Å². The second kappa shape index (κ2) is 4.32. The van der Waals surface area contributed by atoms with Crippen molar-refractivity contribution in [3.63, 3.8) is 0 Å². The van der Waals surface area contributed by atoms with Crippen LogP contribution in [0.2, 0.25) is 0 Å². The van der Waals surface area contributed by atoms with Crippen LogP contribution in [0, 0.1) is 3.70 Å². The molecule has 0 unspecified atom stereocenters. The Morgan fingerprint density at radius 2 is 2.25 bits per heavy atom. The van der Waals surface area contributed by atoms with Crippen molar-refractivity contribution in [2.45, 2.75) is 12.3 Å². The van der Waals surface area contributed by atoms with Gasteiger partial charge in [-0.2, -0.15) is 0 Å². The van der Waals surface area contributed by atoms with E-state index in [-0.39, 0.29) is 11.4 Å². The van der Waals surface area contributed by atoms with Gasteiger partial charge in [-0.15, -0.1) is 11.6 Å². The summed E-state index contributed by atoms with van der Waals surface area (Å²) in [6.07, 6.45) is -1.12. The second-order valence-corrected chi connectivity index (χ2v) is 3.39. The quantitative estimate of drug-likeness (QED) is 0.464. The van der Waals surface area contributed by atoms with Crippen molar-refractivity contribution < 1.29 is 8.78 Å². The van der Waals surface area contributed by atoms with Gasteiger partial charge in [-0.1, -0.05) is 0 Å². The van der Waals surface area contributed by atoms with Gasteiger partial charge in [0.05, 0.1) is 5.88 Å². The van der Waals surface area contributed by atoms with Crippen LogP contribution in [0.15, 0.2) is 12.3 Å². The largest absolute Gasteiger partial charge is 0.264 e. The highest BCUT2D eigenvalue weighted by molar-refractivity contribution is 14.1. The van der Waals surface area contributed by atoms with E-state index in [0.29, 0.717) is 9.26 Å². The van der Waals surface area contributed by atoms with Gasteiger partial charge in [0.25, 0.3) is 6.43 Å². The summed E-state index contributed by atoms with van der Waals surface area (Å²) in [7, 11) is 0. The van der Waals surface area contributed by atoms with Crippen molar-refractivity contribution in [1.82, 2.24) is 4.98 Å². The summed E-state index contributed by atoms with van der Waals surface area (Å²) < 4.78 is 25.2. The van der Waals surface area contributed by atoms with Crippen molar-refractivity contribution in [1.29, 1.82) is 0 Å². The molecule has 0 bridgehead atoms. The molecule has 1 nitrogen and oxygen atoms in total. The van der Waals surface area contributed by atoms with E-state index in [1.165, 1.54) is 12.3 Å². The molecular weight excluding hydrogens is 298 g/mol. The molecule has 1 rings (SSSR count). The minimum absolute atomic E-state index is 0.0237. The van der Waals surface area contributed by atoms with Crippen LogP contribution in [0.5, 0.6) is 0 Å².